The van der Waals surface area contributed by atoms with Gasteiger partial charge in [-0.1, -0.05) is 42.5 Å². The molecule has 0 saturated heterocycles. The maximum Gasteiger partial charge on any atom is 0.313 e. The molecule has 0 saturated carbocycles. The molecule has 2 rings (SSSR count). The zero-order valence-electron chi connectivity index (χ0n) is 13.2. The van der Waals surface area contributed by atoms with Crippen LogP contribution in [-0.4, -0.2) is 18.9 Å². The summed E-state index contributed by atoms with van der Waals surface area (Å²) in [5.74, 6) is 0.160. The van der Waals surface area contributed by atoms with Crippen molar-refractivity contribution in [2.24, 2.45) is 0 Å². The van der Waals surface area contributed by atoms with Crippen LogP contribution in [0.15, 0.2) is 54.6 Å². The molecule has 0 aliphatic heterocycles. The maximum atomic E-state index is 11.9. The fourth-order valence-corrected chi connectivity index (χ4v) is 2.15. The predicted octanol–water partition coefficient (Wildman–Crippen LogP) is 3.33. The molecule has 0 N–H and O–H groups in total. The third kappa shape index (κ3) is 5.94. The van der Waals surface area contributed by atoms with Gasteiger partial charge in [-0.15, -0.1) is 0 Å². The van der Waals surface area contributed by atoms with Gasteiger partial charge >= 0.3 is 5.97 Å². The van der Waals surface area contributed by atoms with Crippen LogP contribution in [0.5, 0.6) is 5.75 Å². The Bertz CT molecular complexity index is 649. The first-order valence-corrected chi connectivity index (χ1v) is 7.51. The van der Waals surface area contributed by atoms with E-state index in [4.69, 9.17) is 9.47 Å². The SMILES string of the molecule is COc1cccc(CCC(=O)CC(=O)OCc2ccccc2)c1. The number of carbonyl (C=O) groups is 2. The van der Waals surface area contributed by atoms with Crippen molar-refractivity contribution in [1.29, 1.82) is 0 Å². The number of hydrogen-bond acceptors (Lipinski definition) is 4. The highest BCUT2D eigenvalue weighted by Crippen LogP contribution is 2.14. The zero-order valence-corrected chi connectivity index (χ0v) is 13.2. The van der Waals surface area contributed by atoms with Gasteiger partial charge < -0.3 is 9.47 Å². The summed E-state index contributed by atoms with van der Waals surface area (Å²) in [6.45, 7) is 0.197. The number of rotatable bonds is 8. The number of esters is 1. The van der Waals surface area contributed by atoms with E-state index in [9.17, 15) is 9.59 Å². The van der Waals surface area contributed by atoms with E-state index in [1.54, 1.807) is 7.11 Å². The van der Waals surface area contributed by atoms with Crippen molar-refractivity contribution in [2.75, 3.05) is 7.11 Å². The Labute approximate surface area is 136 Å². The third-order valence-electron chi connectivity index (χ3n) is 3.41. The largest absolute Gasteiger partial charge is 0.497 e. The van der Waals surface area contributed by atoms with E-state index in [1.807, 2.05) is 54.6 Å². The van der Waals surface area contributed by atoms with Gasteiger partial charge in [0.1, 0.15) is 24.6 Å². The summed E-state index contributed by atoms with van der Waals surface area (Å²) in [6, 6.07) is 17.0. The molecule has 0 amide bonds. The molecule has 4 nitrogen and oxygen atoms in total. The predicted molar refractivity (Wildman–Crippen MR) is 87.2 cm³/mol. The minimum absolute atomic E-state index is 0.120. The monoisotopic (exact) mass is 312 g/mol. The molecule has 0 spiro atoms. The number of carbonyl (C=O) groups excluding carboxylic acids is 2. The lowest BCUT2D eigenvalue weighted by Gasteiger charge is -2.06. The molecule has 0 radical (unpaired) electrons. The highest BCUT2D eigenvalue weighted by molar-refractivity contribution is 5.95. The lowest BCUT2D eigenvalue weighted by atomic mass is 10.1. The highest BCUT2D eigenvalue weighted by atomic mass is 16.5. The Morgan fingerprint density at radius 2 is 1.70 bits per heavy atom. The molecule has 0 aliphatic carbocycles. The Balaban J connectivity index is 1.72. The molecule has 2 aromatic carbocycles. The van der Waals surface area contributed by atoms with Gasteiger partial charge in [0.2, 0.25) is 0 Å². The van der Waals surface area contributed by atoms with Crippen LogP contribution in [0, 0.1) is 0 Å². The van der Waals surface area contributed by atoms with Crippen LogP contribution in [0.3, 0.4) is 0 Å². The minimum atomic E-state index is -0.482. The van der Waals surface area contributed by atoms with E-state index >= 15 is 0 Å². The number of hydrogen-bond donors (Lipinski definition) is 0. The summed E-state index contributed by atoms with van der Waals surface area (Å²) in [4.78, 5) is 23.5. The molecule has 2 aromatic rings. The van der Waals surface area contributed by atoms with Crippen molar-refractivity contribution in [1.82, 2.24) is 0 Å². The molecule has 0 atom stereocenters. The van der Waals surface area contributed by atoms with E-state index in [-0.39, 0.29) is 18.8 Å². The van der Waals surface area contributed by atoms with Gasteiger partial charge in [-0.05, 0) is 29.7 Å². The van der Waals surface area contributed by atoms with Gasteiger partial charge in [-0.2, -0.15) is 0 Å². The number of Topliss-reactive ketones (excluding diaryl/α,β-unsaturated/α-hetero) is 1. The summed E-state index contributed by atoms with van der Waals surface area (Å²) in [7, 11) is 1.60. The molecular weight excluding hydrogens is 292 g/mol. The molecule has 0 aromatic heterocycles. The van der Waals surface area contributed by atoms with Gasteiger partial charge in [0.05, 0.1) is 7.11 Å². The van der Waals surface area contributed by atoms with Crippen LogP contribution in [0.4, 0.5) is 0 Å². The Kier molecular flexibility index (Phi) is 6.36. The lowest BCUT2D eigenvalue weighted by Crippen LogP contribution is -2.12. The van der Waals surface area contributed by atoms with E-state index in [0.717, 1.165) is 16.9 Å². The van der Waals surface area contributed by atoms with Gasteiger partial charge in [-0.25, -0.2) is 0 Å². The van der Waals surface area contributed by atoms with E-state index < -0.39 is 5.97 Å². The summed E-state index contributed by atoms with van der Waals surface area (Å²) in [5, 5.41) is 0. The van der Waals surface area contributed by atoms with Gasteiger partial charge in [0.25, 0.3) is 0 Å². The minimum Gasteiger partial charge on any atom is -0.497 e. The first kappa shape index (κ1) is 16.7. The van der Waals surface area contributed by atoms with Crippen LogP contribution in [-0.2, 0) is 27.4 Å². The van der Waals surface area contributed by atoms with E-state index in [2.05, 4.69) is 0 Å². The topological polar surface area (TPSA) is 52.6 Å². The van der Waals surface area contributed by atoms with E-state index in [0.29, 0.717) is 12.8 Å². The van der Waals surface area contributed by atoms with Crippen LogP contribution in [0.1, 0.15) is 24.0 Å². The smallest absolute Gasteiger partial charge is 0.313 e. The fraction of sp³-hybridized carbons (Fsp3) is 0.263. The number of ketones is 1. The van der Waals surface area contributed by atoms with E-state index in [1.165, 1.54) is 0 Å². The molecule has 0 unspecified atom stereocenters. The number of methoxy groups -OCH3 is 1. The van der Waals surface area contributed by atoms with Gasteiger partial charge in [0, 0.05) is 6.42 Å². The van der Waals surface area contributed by atoms with Crippen molar-refractivity contribution in [3.8, 4) is 5.75 Å². The van der Waals surface area contributed by atoms with Crippen LogP contribution >= 0.6 is 0 Å². The summed E-state index contributed by atoms with van der Waals surface area (Å²) < 4.78 is 10.2. The molecular formula is C19H20O4. The van der Waals surface area contributed by atoms with Gasteiger partial charge in [-0.3, -0.25) is 9.59 Å². The van der Waals surface area contributed by atoms with Crippen molar-refractivity contribution in [2.45, 2.75) is 25.9 Å². The molecule has 0 fully saturated rings. The second kappa shape index (κ2) is 8.73. The quantitative estimate of drug-likeness (QED) is 0.554. The van der Waals surface area contributed by atoms with Crippen molar-refractivity contribution < 1.29 is 19.1 Å². The number of ether oxygens (including phenoxy) is 2. The standard InChI is InChI=1S/C19H20O4/c1-22-18-9-5-8-15(12-18)10-11-17(20)13-19(21)23-14-16-6-3-2-4-7-16/h2-9,12H,10-11,13-14H2,1H3. The van der Waals surface area contributed by atoms with Crippen LogP contribution in [0.2, 0.25) is 0 Å². The molecule has 0 aliphatic rings. The lowest BCUT2D eigenvalue weighted by molar-refractivity contribution is -0.147. The summed E-state index contributed by atoms with van der Waals surface area (Å²) >= 11 is 0. The first-order valence-electron chi connectivity index (χ1n) is 7.51. The molecule has 120 valence electrons. The van der Waals surface area contributed by atoms with Crippen molar-refractivity contribution in [3.05, 3.63) is 65.7 Å². The molecule has 0 bridgehead atoms. The fourth-order valence-electron chi connectivity index (χ4n) is 2.15. The number of benzene rings is 2. The normalized spacial score (nSPS) is 10.1. The molecule has 23 heavy (non-hydrogen) atoms. The Morgan fingerprint density at radius 3 is 2.43 bits per heavy atom. The molecule has 0 heterocycles. The van der Waals surface area contributed by atoms with Crippen LogP contribution < -0.4 is 4.74 Å². The molecule has 4 heteroatoms. The summed E-state index contributed by atoms with van der Waals surface area (Å²) in [6.07, 6.45) is 0.715. The highest BCUT2D eigenvalue weighted by Gasteiger charge is 2.11. The zero-order chi connectivity index (χ0) is 16.5. The Morgan fingerprint density at radius 1 is 0.957 bits per heavy atom. The van der Waals surface area contributed by atoms with Crippen molar-refractivity contribution in [3.63, 3.8) is 0 Å². The maximum absolute atomic E-state index is 11.9. The summed E-state index contributed by atoms with van der Waals surface area (Å²) in [5.41, 5.74) is 1.92. The number of aryl methyl sites for hydroxylation is 1. The third-order valence-corrected chi connectivity index (χ3v) is 3.41. The first-order chi connectivity index (χ1) is 11.2. The van der Waals surface area contributed by atoms with Crippen molar-refractivity contribution >= 4 is 11.8 Å². The van der Waals surface area contributed by atoms with Crippen LogP contribution in [0.25, 0.3) is 0 Å². The second-order valence-corrected chi connectivity index (χ2v) is 5.21. The second-order valence-electron chi connectivity index (χ2n) is 5.21. The van der Waals surface area contributed by atoms with Gasteiger partial charge in [0.15, 0.2) is 0 Å². The average molecular weight is 312 g/mol. The average Bonchev–Trinajstić information content (AvgIpc) is 2.59. The Hall–Kier alpha value is -2.62.